The van der Waals surface area contributed by atoms with Crippen LogP contribution in [0.3, 0.4) is 0 Å². The zero-order valence-corrected chi connectivity index (χ0v) is 14.5. The van der Waals surface area contributed by atoms with Crippen LogP contribution in [-0.4, -0.2) is 33.0 Å². The Labute approximate surface area is 146 Å². The van der Waals surface area contributed by atoms with E-state index in [2.05, 4.69) is 47.4 Å². The number of anilines is 3. The number of imidazole rings is 1. The van der Waals surface area contributed by atoms with E-state index in [1.165, 1.54) is 0 Å². The molecule has 0 aliphatic carbocycles. The predicted octanol–water partition coefficient (Wildman–Crippen LogP) is 3.54. The molecule has 0 saturated carbocycles. The van der Waals surface area contributed by atoms with Gasteiger partial charge in [0.1, 0.15) is 0 Å². The van der Waals surface area contributed by atoms with E-state index in [-0.39, 0.29) is 0 Å². The Bertz CT molecular complexity index is 1030. The molecule has 4 rings (SSSR count). The van der Waals surface area contributed by atoms with E-state index in [0.29, 0.717) is 0 Å². The lowest BCUT2D eigenvalue weighted by Gasteiger charge is -2.14. The lowest BCUT2D eigenvalue weighted by molar-refractivity contribution is 0.927. The highest BCUT2D eigenvalue weighted by Crippen LogP contribution is 2.26. The van der Waals surface area contributed by atoms with Crippen molar-refractivity contribution in [3.8, 4) is 11.4 Å². The normalized spacial score (nSPS) is 11.0. The molecule has 1 aromatic carbocycles. The minimum Gasteiger partial charge on any atom is -0.378 e. The highest BCUT2D eigenvalue weighted by molar-refractivity contribution is 5.74. The van der Waals surface area contributed by atoms with E-state index >= 15 is 0 Å². The number of aromatic nitrogens is 4. The Morgan fingerprint density at radius 2 is 1.88 bits per heavy atom. The monoisotopic (exact) mass is 332 g/mol. The maximum atomic E-state index is 4.58. The van der Waals surface area contributed by atoms with E-state index in [9.17, 15) is 0 Å². The van der Waals surface area contributed by atoms with Gasteiger partial charge >= 0.3 is 0 Å². The third kappa shape index (κ3) is 2.71. The second kappa shape index (κ2) is 5.98. The van der Waals surface area contributed by atoms with E-state index in [1.54, 1.807) is 6.20 Å². The predicted molar refractivity (Wildman–Crippen MR) is 101 cm³/mol. The molecule has 25 heavy (non-hydrogen) atoms. The van der Waals surface area contributed by atoms with E-state index in [1.807, 2.05) is 57.9 Å². The van der Waals surface area contributed by atoms with Gasteiger partial charge in [-0.25, -0.2) is 9.97 Å². The first kappa shape index (κ1) is 15.3. The Morgan fingerprint density at radius 3 is 2.64 bits per heavy atom. The summed E-state index contributed by atoms with van der Waals surface area (Å²) >= 11 is 0. The number of benzene rings is 1. The van der Waals surface area contributed by atoms with Crippen molar-refractivity contribution >= 4 is 22.8 Å². The van der Waals surface area contributed by atoms with Crippen LogP contribution in [0.2, 0.25) is 0 Å². The van der Waals surface area contributed by atoms with Crippen LogP contribution in [-0.2, 0) is 7.05 Å². The maximum absolute atomic E-state index is 4.58. The summed E-state index contributed by atoms with van der Waals surface area (Å²) in [5.74, 6) is 0.735. The van der Waals surface area contributed by atoms with Gasteiger partial charge in [-0.3, -0.25) is 4.40 Å². The van der Waals surface area contributed by atoms with Crippen LogP contribution in [0.5, 0.6) is 0 Å². The quantitative estimate of drug-likeness (QED) is 0.621. The van der Waals surface area contributed by atoms with Crippen molar-refractivity contribution in [2.45, 2.75) is 0 Å². The number of hydrogen-bond acceptors (Lipinski definition) is 4. The second-order valence-corrected chi connectivity index (χ2v) is 6.19. The molecule has 6 heteroatoms. The average Bonchev–Trinajstić information content (AvgIpc) is 3.21. The number of hydrogen-bond donors (Lipinski definition) is 1. The van der Waals surface area contributed by atoms with Crippen molar-refractivity contribution in [2.24, 2.45) is 7.05 Å². The van der Waals surface area contributed by atoms with Crippen LogP contribution in [0.25, 0.3) is 17.0 Å². The zero-order valence-electron chi connectivity index (χ0n) is 14.5. The van der Waals surface area contributed by atoms with Crippen LogP contribution in [0, 0.1) is 0 Å². The Hall–Kier alpha value is -3.28. The van der Waals surface area contributed by atoms with Gasteiger partial charge in [-0.1, -0.05) is 6.07 Å². The standard InChI is InChI=1S/C19H20N6/c1-23(2)15-7-4-6-14(12-15)22-18-19-21-13-17(25(19)11-9-20-18)16-8-5-10-24(16)3/h4-13H,1-3H3,(H,20,22). The summed E-state index contributed by atoms with van der Waals surface area (Å²) in [4.78, 5) is 11.1. The maximum Gasteiger partial charge on any atom is 0.180 e. The Balaban J connectivity index is 1.75. The fraction of sp³-hybridized carbons (Fsp3) is 0.158. The molecule has 0 spiro atoms. The second-order valence-electron chi connectivity index (χ2n) is 6.19. The van der Waals surface area contributed by atoms with Crippen LogP contribution in [0.4, 0.5) is 17.2 Å². The van der Waals surface area contributed by atoms with E-state index in [4.69, 9.17) is 0 Å². The van der Waals surface area contributed by atoms with Gasteiger partial charge in [0.2, 0.25) is 0 Å². The fourth-order valence-corrected chi connectivity index (χ4v) is 2.92. The van der Waals surface area contributed by atoms with Gasteiger partial charge < -0.3 is 14.8 Å². The van der Waals surface area contributed by atoms with Gasteiger partial charge in [0, 0.05) is 51.1 Å². The molecule has 0 fully saturated rings. The van der Waals surface area contributed by atoms with Gasteiger partial charge in [-0.15, -0.1) is 0 Å². The topological polar surface area (TPSA) is 50.4 Å². The molecule has 0 saturated heterocycles. The molecule has 1 N–H and O–H groups in total. The number of nitrogens with zero attached hydrogens (tertiary/aromatic N) is 5. The van der Waals surface area contributed by atoms with Gasteiger partial charge in [0.15, 0.2) is 11.5 Å². The summed E-state index contributed by atoms with van der Waals surface area (Å²) < 4.78 is 4.14. The molecular weight excluding hydrogens is 312 g/mol. The van der Waals surface area contributed by atoms with Crippen molar-refractivity contribution in [3.05, 3.63) is 61.2 Å². The number of aryl methyl sites for hydroxylation is 1. The molecule has 0 aliphatic heterocycles. The van der Waals surface area contributed by atoms with E-state index < -0.39 is 0 Å². The molecule has 0 amide bonds. The van der Waals surface area contributed by atoms with Crippen molar-refractivity contribution < 1.29 is 0 Å². The molecule has 3 heterocycles. The third-order valence-corrected chi connectivity index (χ3v) is 4.26. The molecule has 126 valence electrons. The fourth-order valence-electron chi connectivity index (χ4n) is 2.92. The van der Waals surface area contributed by atoms with Crippen molar-refractivity contribution in [2.75, 3.05) is 24.3 Å². The highest BCUT2D eigenvalue weighted by Gasteiger charge is 2.12. The number of rotatable bonds is 4. The van der Waals surface area contributed by atoms with Gasteiger partial charge in [-0.2, -0.15) is 0 Å². The molecule has 0 radical (unpaired) electrons. The third-order valence-electron chi connectivity index (χ3n) is 4.26. The number of fused-ring (bicyclic) bond motifs is 1. The van der Waals surface area contributed by atoms with Crippen molar-refractivity contribution in [1.29, 1.82) is 0 Å². The Kier molecular flexibility index (Phi) is 3.65. The molecule has 0 aliphatic rings. The molecule has 0 unspecified atom stereocenters. The first-order valence-corrected chi connectivity index (χ1v) is 8.11. The van der Waals surface area contributed by atoms with Crippen LogP contribution < -0.4 is 10.2 Å². The number of nitrogens with one attached hydrogen (secondary N) is 1. The van der Waals surface area contributed by atoms with Crippen molar-refractivity contribution in [3.63, 3.8) is 0 Å². The van der Waals surface area contributed by atoms with Gasteiger partial charge in [-0.05, 0) is 30.3 Å². The zero-order chi connectivity index (χ0) is 17.4. The summed E-state index contributed by atoms with van der Waals surface area (Å²) in [5, 5.41) is 3.39. The summed E-state index contributed by atoms with van der Waals surface area (Å²) in [6.07, 6.45) is 7.64. The Morgan fingerprint density at radius 1 is 1.00 bits per heavy atom. The van der Waals surface area contributed by atoms with Crippen LogP contribution in [0.1, 0.15) is 0 Å². The molecule has 4 aromatic rings. The van der Waals surface area contributed by atoms with Crippen LogP contribution in [0.15, 0.2) is 61.2 Å². The van der Waals surface area contributed by atoms with Crippen LogP contribution >= 0.6 is 0 Å². The summed E-state index contributed by atoms with van der Waals surface area (Å²) in [6.45, 7) is 0. The summed E-state index contributed by atoms with van der Waals surface area (Å²) in [6, 6.07) is 12.3. The first-order chi connectivity index (χ1) is 12.1. The SMILES string of the molecule is CN(C)c1cccc(Nc2nccn3c(-c4cccn4C)cnc23)c1. The van der Waals surface area contributed by atoms with Crippen molar-refractivity contribution in [1.82, 2.24) is 18.9 Å². The largest absolute Gasteiger partial charge is 0.378 e. The smallest absolute Gasteiger partial charge is 0.180 e. The first-order valence-electron chi connectivity index (χ1n) is 8.11. The summed E-state index contributed by atoms with van der Waals surface area (Å²) in [7, 11) is 6.08. The van der Waals surface area contributed by atoms with Gasteiger partial charge in [0.25, 0.3) is 0 Å². The molecule has 0 bridgehead atoms. The van der Waals surface area contributed by atoms with Gasteiger partial charge in [0.05, 0.1) is 17.6 Å². The minimum absolute atomic E-state index is 0.735. The molecule has 0 atom stereocenters. The lowest BCUT2D eigenvalue weighted by atomic mass is 10.2. The summed E-state index contributed by atoms with van der Waals surface area (Å²) in [5.41, 5.74) is 5.06. The highest BCUT2D eigenvalue weighted by atomic mass is 15.1. The lowest BCUT2D eigenvalue weighted by Crippen LogP contribution is -2.08. The average molecular weight is 332 g/mol. The molecule has 6 nitrogen and oxygen atoms in total. The minimum atomic E-state index is 0.735. The molecular formula is C19H20N6. The van der Waals surface area contributed by atoms with E-state index in [0.717, 1.165) is 34.2 Å². The molecule has 3 aromatic heterocycles.